The number of urea groups is 1. The third-order valence-corrected chi connectivity index (χ3v) is 6.93. The number of piperazine rings is 1. The summed E-state index contributed by atoms with van der Waals surface area (Å²) in [6.45, 7) is 3.04. The third-order valence-electron chi connectivity index (χ3n) is 6.93. The monoisotopic (exact) mass is 496 g/mol. The molecule has 2 heterocycles. The van der Waals surface area contributed by atoms with Crippen LogP contribution in [-0.2, 0) is 0 Å². The highest BCUT2D eigenvalue weighted by Crippen LogP contribution is 2.29. The molecule has 0 saturated carbocycles. The lowest BCUT2D eigenvalue weighted by atomic mass is 10.00. The molecule has 3 aromatic rings. The van der Waals surface area contributed by atoms with Crippen LogP contribution >= 0.6 is 0 Å². The third kappa shape index (κ3) is 4.75. The molecule has 2 aliphatic heterocycles. The number of rotatable bonds is 5. The predicted molar refractivity (Wildman–Crippen MR) is 140 cm³/mol. The number of anilines is 1. The number of para-hydroxylation sites is 1. The molecule has 2 saturated heterocycles. The second-order valence-corrected chi connectivity index (χ2v) is 9.29. The van der Waals surface area contributed by atoms with Crippen LogP contribution < -0.4 is 4.90 Å². The van der Waals surface area contributed by atoms with Gasteiger partial charge in [-0.25, -0.2) is 9.69 Å². The van der Waals surface area contributed by atoms with Crippen molar-refractivity contribution in [2.75, 3.05) is 44.7 Å². The molecule has 3 aromatic carbocycles. The molecule has 8 heteroatoms. The van der Waals surface area contributed by atoms with E-state index in [9.17, 15) is 19.2 Å². The zero-order valence-electron chi connectivity index (χ0n) is 20.6. The van der Waals surface area contributed by atoms with Crippen molar-refractivity contribution in [3.63, 3.8) is 0 Å². The van der Waals surface area contributed by atoms with Crippen LogP contribution in [0.15, 0.2) is 84.9 Å². The Morgan fingerprint density at radius 2 is 1.24 bits per heavy atom. The van der Waals surface area contributed by atoms with Gasteiger partial charge in [0.1, 0.15) is 6.04 Å². The van der Waals surface area contributed by atoms with E-state index in [0.29, 0.717) is 11.1 Å². The number of hydrogen-bond acceptors (Lipinski definition) is 6. The first-order valence-electron chi connectivity index (χ1n) is 12.3. The van der Waals surface area contributed by atoms with Gasteiger partial charge in [0.05, 0.1) is 6.54 Å². The van der Waals surface area contributed by atoms with Crippen molar-refractivity contribution in [3.05, 3.63) is 102 Å². The van der Waals surface area contributed by atoms with Crippen LogP contribution in [0.2, 0.25) is 0 Å². The number of ketones is 1. The topological polar surface area (TPSA) is 81.2 Å². The van der Waals surface area contributed by atoms with Gasteiger partial charge in [0.2, 0.25) is 0 Å². The van der Waals surface area contributed by atoms with Gasteiger partial charge in [-0.2, -0.15) is 0 Å². The minimum Gasteiger partial charge on any atom is -0.368 e. The molecule has 4 amide bonds. The quantitative estimate of drug-likeness (QED) is 0.504. The van der Waals surface area contributed by atoms with E-state index in [1.54, 1.807) is 72.8 Å². The Morgan fingerprint density at radius 3 is 1.86 bits per heavy atom. The molecule has 1 unspecified atom stereocenters. The van der Waals surface area contributed by atoms with Gasteiger partial charge < -0.3 is 9.80 Å². The normalized spacial score (nSPS) is 18.2. The lowest BCUT2D eigenvalue weighted by Gasteiger charge is -2.35. The SMILES string of the molecule is CN1CCN(c2ccccc2C(=O)C2CN(C(=O)c3ccccc3)C(=O)N2C(=O)c2ccccc2)CC1. The Balaban J connectivity index is 1.51. The van der Waals surface area contributed by atoms with Crippen molar-refractivity contribution in [1.29, 1.82) is 0 Å². The first-order chi connectivity index (χ1) is 18.0. The number of Topliss-reactive ketones (excluding diaryl/α,β-unsaturated/α-hetero) is 1. The Labute approximate surface area is 215 Å². The summed E-state index contributed by atoms with van der Waals surface area (Å²) in [6, 6.07) is 22.1. The second-order valence-electron chi connectivity index (χ2n) is 9.29. The zero-order valence-corrected chi connectivity index (χ0v) is 20.6. The zero-order chi connectivity index (χ0) is 25.9. The largest absolute Gasteiger partial charge is 0.368 e. The van der Waals surface area contributed by atoms with Gasteiger partial charge in [0.15, 0.2) is 5.78 Å². The highest BCUT2D eigenvalue weighted by atomic mass is 16.2. The molecule has 0 radical (unpaired) electrons. The van der Waals surface area contributed by atoms with E-state index < -0.39 is 23.9 Å². The van der Waals surface area contributed by atoms with Crippen molar-refractivity contribution < 1.29 is 19.2 Å². The molecule has 5 rings (SSSR count). The predicted octanol–water partition coefficient (Wildman–Crippen LogP) is 3.41. The fourth-order valence-corrected chi connectivity index (χ4v) is 4.84. The molecule has 2 aliphatic rings. The van der Waals surface area contributed by atoms with Crippen LogP contribution in [0.3, 0.4) is 0 Å². The van der Waals surface area contributed by atoms with E-state index in [4.69, 9.17) is 0 Å². The molecule has 8 nitrogen and oxygen atoms in total. The van der Waals surface area contributed by atoms with Crippen LogP contribution in [0.25, 0.3) is 0 Å². The molecule has 0 aromatic heterocycles. The molecule has 37 heavy (non-hydrogen) atoms. The van der Waals surface area contributed by atoms with E-state index in [0.717, 1.165) is 41.7 Å². The Bertz CT molecular complexity index is 1320. The lowest BCUT2D eigenvalue weighted by molar-refractivity contribution is 0.0716. The minimum atomic E-state index is -1.14. The number of benzene rings is 3. The van der Waals surface area contributed by atoms with Gasteiger partial charge in [-0.1, -0.05) is 48.5 Å². The fraction of sp³-hybridized carbons (Fsp3) is 0.241. The Hall–Kier alpha value is -4.30. The van der Waals surface area contributed by atoms with Gasteiger partial charge in [0, 0.05) is 48.6 Å². The Morgan fingerprint density at radius 1 is 0.703 bits per heavy atom. The lowest BCUT2D eigenvalue weighted by Crippen LogP contribution is -2.46. The van der Waals surface area contributed by atoms with Crippen LogP contribution in [0.1, 0.15) is 31.1 Å². The van der Waals surface area contributed by atoms with Crippen molar-refractivity contribution in [1.82, 2.24) is 14.7 Å². The average molecular weight is 497 g/mol. The number of nitrogens with zero attached hydrogens (tertiary/aromatic N) is 4. The Kier molecular flexibility index (Phi) is 6.83. The van der Waals surface area contributed by atoms with E-state index in [2.05, 4.69) is 16.8 Å². The number of likely N-dealkylation sites (N-methyl/N-ethyl adjacent to an activating group) is 1. The number of carbonyl (C=O) groups is 4. The molecule has 0 N–H and O–H groups in total. The summed E-state index contributed by atoms with van der Waals surface area (Å²) in [6.07, 6.45) is 0. The first-order valence-corrected chi connectivity index (χ1v) is 12.3. The van der Waals surface area contributed by atoms with Crippen molar-refractivity contribution in [2.45, 2.75) is 6.04 Å². The van der Waals surface area contributed by atoms with Gasteiger partial charge in [0.25, 0.3) is 11.8 Å². The second kappa shape index (κ2) is 10.4. The molecular formula is C29H28N4O4. The van der Waals surface area contributed by atoms with E-state index in [1.165, 1.54) is 0 Å². The summed E-state index contributed by atoms with van der Waals surface area (Å²) in [7, 11) is 2.06. The molecule has 0 bridgehead atoms. The first kappa shape index (κ1) is 24.4. The van der Waals surface area contributed by atoms with Gasteiger partial charge in [-0.05, 0) is 43.4 Å². The maximum absolute atomic E-state index is 14.0. The van der Waals surface area contributed by atoms with Crippen molar-refractivity contribution >= 4 is 29.3 Å². The maximum Gasteiger partial charge on any atom is 0.334 e. The molecule has 0 aliphatic carbocycles. The molecule has 188 valence electrons. The van der Waals surface area contributed by atoms with Gasteiger partial charge in [-0.3, -0.25) is 19.3 Å². The number of imide groups is 2. The highest BCUT2D eigenvalue weighted by molar-refractivity contribution is 6.18. The molecular weight excluding hydrogens is 468 g/mol. The van der Waals surface area contributed by atoms with E-state index >= 15 is 0 Å². The summed E-state index contributed by atoms with van der Waals surface area (Å²) < 4.78 is 0. The van der Waals surface area contributed by atoms with Gasteiger partial charge >= 0.3 is 6.03 Å². The minimum absolute atomic E-state index is 0.207. The van der Waals surface area contributed by atoms with E-state index in [-0.39, 0.29) is 17.9 Å². The summed E-state index contributed by atoms with van der Waals surface area (Å²) in [5.41, 5.74) is 1.79. The molecule has 1 atom stereocenters. The summed E-state index contributed by atoms with van der Waals surface area (Å²) >= 11 is 0. The van der Waals surface area contributed by atoms with Crippen LogP contribution in [0.5, 0.6) is 0 Å². The number of carbonyl (C=O) groups excluding carboxylic acids is 4. The average Bonchev–Trinajstić information content (AvgIpc) is 3.30. The van der Waals surface area contributed by atoms with Crippen molar-refractivity contribution in [2.24, 2.45) is 0 Å². The van der Waals surface area contributed by atoms with Crippen LogP contribution in [-0.4, -0.2) is 84.1 Å². The maximum atomic E-state index is 14.0. The van der Waals surface area contributed by atoms with Crippen LogP contribution in [0.4, 0.5) is 10.5 Å². The van der Waals surface area contributed by atoms with Crippen molar-refractivity contribution in [3.8, 4) is 0 Å². The smallest absolute Gasteiger partial charge is 0.334 e. The number of hydrogen-bond donors (Lipinski definition) is 0. The summed E-state index contributed by atoms with van der Waals surface area (Å²) in [5.74, 6) is -1.51. The molecule has 2 fully saturated rings. The van der Waals surface area contributed by atoms with E-state index in [1.807, 2.05) is 12.1 Å². The number of amides is 4. The fourth-order valence-electron chi connectivity index (χ4n) is 4.84. The van der Waals surface area contributed by atoms with Crippen LogP contribution in [0, 0.1) is 0 Å². The summed E-state index contributed by atoms with van der Waals surface area (Å²) in [4.78, 5) is 60.7. The summed E-state index contributed by atoms with van der Waals surface area (Å²) in [5, 5.41) is 0. The van der Waals surface area contributed by atoms with Gasteiger partial charge in [-0.15, -0.1) is 0 Å². The standard InChI is InChI=1S/C29H28N4O4/c1-30-16-18-31(19-17-30)24-15-9-8-14-23(24)26(34)25-20-32(27(35)21-10-4-2-5-11-21)29(37)33(25)28(36)22-12-6-3-7-13-22/h2-15,25H,16-20H2,1H3. The highest BCUT2D eigenvalue weighted by Gasteiger charge is 2.48. The molecule has 0 spiro atoms.